The van der Waals surface area contributed by atoms with Crippen molar-refractivity contribution in [2.75, 3.05) is 13.2 Å². The van der Waals surface area contributed by atoms with Gasteiger partial charge in [0.1, 0.15) is 36.3 Å². The Bertz CT molecular complexity index is 1380. The summed E-state index contributed by atoms with van der Waals surface area (Å²) in [5, 5.41) is 9.26. The first-order chi connectivity index (χ1) is 16.2. The van der Waals surface area contributed by atoms with E-state index in [2.05, 4.69) is 16.0 Å². The molecule has 2 aliphatic rings. The number of nitrogens with two attached hydrogens (primary N) is 1. The van der Waals surface area contributed by atoms with Gasteiger partial charge in [0.15, 0.2) is 5.54 Å². The molecule has 0 saturated heterocycles. The second-order valence-corrected chi connectivity index (χ2v) is 8.84. The van der Waals surface area contributed by atoms with Gasteiger partial charge < -0.3 is 19.9 Å². The van der Waals surface area contributed by atoms with E-state index in [4.69, 9.17) is 19.9 Å². The van der Waals surface area contributed by atoms with Crippen molar-refractivity contribution in [3.8, 4) is 34.6 Å². The van der Waals surface area contributed by atoms with Crippen molar-refractivity contribution in [2.24, 2.45) is 16.1 Å². The molecule has 2 N–H and O–H groups in total. The summed E-state index contributed by atoms with van der Waals surface area (Å²) in [4.78, 5) is 8.97. The SMILES string of the molecule is CC(C)(C#N)COc1cnc2c(c1)[C@]1(COC(N)=N1)c1cc(-c3cc(F)ccc3F)ccc1O2. The Morgan fingerprint density at radius 2 is 2.00 bits per heavy atom. The highest BCUT2D eigenvalue weighted by molar-refractivity contribution is 5.77. The number of rotatable bonds is 4. The first kappa shape index (κ1) is 21.6. The Labute approximate surface area is 194 Å². The Morgan fingerprint density at radius 1 is 1.18 bits per heavy atom. The van der Waals surface area contributed by atoms with E-state index in [1.54, 1.807) is 38.1 Å². The fourth-order valence-electron chi connectivity index (χ4n) is 3.97. The number of amidine groups is 1. The highest BCUT2D eigenvalue weighted by Crippen LogP contribution is 2.51. The summed E-state index contributed by atoms with van der Waals surface area (Å²) in [5.41, 5.74) is 5.76. The lowest BCUT2D eigenvalue weighted by molar-refractivity contribution is 0.223. The average Bonchev–Trinajstić information content (AvgIpc) is 3.22. The highest BCUT2D eigenvalue weighted by atomic mass is 19.1. The van der Waals surface area contributed by atoms with Crippen molar-refractivity contribution in [3.63, 3.8) is 0 Å². The molecule has 34 heavy (non-hydrogen) atoms. The summed E-state index contributed by atoms with van der Waals surface area (Å²) in [6.07, 6.45) is 1.50. The van der Waals surface area contributed by atoms with Crippen molar-refractivity contribution in [2.45, 2.75) is 19.4 Å². The Balaban J connectivity index is 1.63. The fourth-order valence-corrected chi connectivity index (χ4v) is 3.97. The van der Waals surface area contributed by atoms with E-state index in [-0.39, 0.29) is 24.8 Å². The van der Waals surface area contributed by atoms with Crippen molar-refractivity contribution in [1.29, 1.82) is 5.26 Å². The first-order valence-electron chi connectivity index (χ1n) is 10.5. The summed E-state index contributed by atoms with van der Waals surface area (Å²) < 4.78 is 45.7. The minimum atomic E-state index is -1.12. The van der Waals surface area contributed by atoms with E-state index in [0.717, 1.165) is 18.2 Å². The van der Waals surface area contributed by atoms with Crippen molar-refractivity contribution in [3.05, 3.63) is 71.4 Å². The normalized spacial score (nSPS) is 18.3. The molecule has 172 valence electrons. The van der Waals surface area contributed by atoms with E-state index in [1.165, 1.54) is 6.20 Å². The minimum Gasteiger partial charge on any atom is -0.490 e. The molecule has 0 radical (unpaired) electrons. The monoisotopic (exact) mass is 462 g/mol. The standard InChI is InChI=1S/C25H20F2N4O3/c1-24(2,11-28)12-32-16-9-19-22(30-10-16)34-21-6-3-14(17-8-15(26)4-5-20(17)27)7-18(21)25(19)13-33-23(29)31-25/h3-10H,12-13H2,1-2H3,(H2,29,31)/t25-/m0/s1. The van der Waals surface area contributed by atoms with Gasteiger partial charge in [0.25, 0.3) is 6.02 Å². The number of nitrogens with zero attached hydrogens (tertiary/aromatic N) is 3. The van der Waals surface area contributed by atoms with Gasteiger partial charge in [-0.3, -0.25) is 0 Å². The Kier molecular flexibility index (Phi) is 4.90. The molecule has 1 spiro atoms. The number of hydrogen-bond donors (Lipinski definition) is 1. The van der Waals surface area contributed by atoms with Crippen molar-refractivity contribution < 1.29 is 23.0 Å². The second kappa shape index (κ2) is 7.70. The fraction of sp³-hybridized carbons (Fsp3) is 0.240. The molecule has 0 unspecified atom stereocenters. The van der Waals surface area contributed by atoms with Crippen LogP contribution in [-0.2, 0) is 10.3 Å². The van der Waals surface area contributed by atoms with Crippen LogP contribution in [-0.4, -0.2) is 24.2 Å². The summed E-state index contributed by atoms with van der Waals surface area (Å²) >= 11 is 0. The van der Waals surface area contributed by atoms with Crippen LogP contribution >= 0.6 is 0 Å². The maximum atomic E-state index is 14.5. The van der Waals surface area contributed by atoms with Gasteiger partial charge >= 0.3 is 0 Å². The van der Waals surface area contributed by atoms with Crippen LogP contribution in [0, 0.1) is 28.4 Å². The molecule has 1 aromatic heterocycles. The molecule has 2 aliphatic heterocycles. The number of pyridine rings is 1. The number of hydrogen-bond acceptors (Lipinski definition) is 7. The predicted molar refractivity (Wildman–Crippen MR) is 119 cm³/mol. The van der Waals surface area contributed by atoms with Gasteiger partial charge in [-0.05, 0) is 55.8 Å². The molecule has 0 aliphatic carbocycles. The molecular formula is C25H20F2N4O3. The maximum absolute atomic E-state index is 14.5. The smallest absolute Gasteiger partial charge is 0.283 e. The number of fused-ring (bicyclic) bond motifs is 4. The Hall–Kier alpha value is -4.19. The molecule has 3 heterocycles. The van der Waals surface area contributed by atoms with Crippen molar-refractivity contribution in [1.82, 2.24) is 4.98 Å². The quantitative estimate of drug-likeness (QED) is 0.606. The van der Waals surface area contributed by atoms with E-state index in [9.17, 15) is 14.0 Å². The summed E-state index contributed by atoms with van der Waals surface area (Å²) in [7, 11) is 0. The van der Waals surface area contributed by atoms with E-state index < -0.39 is 22.6 Å². The summed E-state index contributed by atoms with van der Waals surface area (Å²) in [6, 6.07) is 12.2. The molecular weight excluding hydrogens is 442 g/mol. The third-order valence-corrected chi connectivity index (χ3v) is 5.78. The summed E-state index contributed by atoms with van der Waals surface area (Å²) in [6.45, 7) is 3.75. The third-order valence-electron chi connectivity index (χ3n) is 5.78. The molecule has 0 amide bonds. The largest absolute Gasteiger partial charge is 0.490 e. The molecule has 0 saturated carbocycles. The van der Waals surface area contributed by atoms with Crippen LogP contribution < -0.4 is 15.2 Å². The zero-order valence-corrected chi connectivity index (χ0v) is 18.4. The molecule has 0 bridgehead atoms. The molecule has 7 nitrogen and oxygen atoms in total. The van der Waals surface area contributed by atoms with Crippen LogP contribution in [0.1, 0.15) is 25.0 Å². The predicted octanol–water partition coefficient (Wildman–Crippen LogP) is 4.65. The zero-order valence-electron chi connectivity index (χ0n) is 18.4. The lowest BCUT2D eigenvalue weighted by Gasteiger charge is -2.33. The number of aliphatic imine (C=N–C) groups is 1. The third kappa shape index (κ3) is 3.57. The van der Waals surface area contributed by atoms with Gasteiger partial charge in [-0.2, -0.15) is 5.26 Å². The Morgan fingerprint density at radius 3 is 2.74 bits per heavy atom. The number of aromatic nitrogens is 1. The van der Waals surface area contributed by atoms with Crippen LogP contribution in [0.5, 0.6) is 17.4 Å². The van der Waals surface area contributed by atoms with E-state index >= 15 is 0 Å². The molecule has 0 fully saturated rings. The van der Waals surface area contributed by atoms with Gasteiger partial charge in [-0.25, -0.2) is 18.8 Å². The summed E-state index contributed by atoms with van der Waals surface area (Å²) in [5.74, 6) is 0.0494. The number of nitriles is 1. The average molecular weight is 462 g/mol. The number of ether oxygens (including phenoxy) is 3. The van der Waals surface area contributed by atoms with Gasteiger partial charge in [0, 0.05) is 11.1 Å². The second-order valence-electron chi connectivity index (χ2n) is 8.84. The molecule has 3 aromatic rings. The molecule has 5 rings (SSSR count). The lowest BCUT2D eigenvalue weighted by Crippen LogP contribution is -2.31. The lowest BCUT2D eigenvalue weighted by atomic mass is 9.81. The number of benzene rings is 2. The highest BCUT2D eigenvalue weighted by Gasteiger charge is 2.48. The molecule has 1 atom stereocenters. The van der Waals surface area contributed by atoms with Crippen LogP contribution in [0.15, 0.2) is 53.7 Å². The molecule has 2 aromatic carbocycles. The van der Waals surface area contributed by atoms with Gasteiger partial charge in [-0.15, -0.1) is 0 Å². The topological polar surface area (TPSA) is 103 Å². The zero-order chi connectivity index (χ0) is 24.1. The van der Waals surface area contributed by atoms with Gasteiger partial charge in [-0.1, -0.05) is 6.07 Å². The number of halogens is 2. The minimum absolute atomic E-state index is 0.0157. The van der Waals surface area contributed by atoms with Gasteiger partial charge in [0.2, 0.25) is 5.88 Å². The van der Waals surface area contributed by atoms with Crippen LogP contribution in [0.2, 0.25) is 0 Å². The van der Waals surface area contributed by atoms with E-state index in [0.29, 0.717) is 34.1 Å². The first-order valence-corrected chi connectivity index (χ1v) is 10.5. The van der Waals surface area contributed by atoms with Gasteiger partial charge in [0.05, 0.1) is 23.2 Å². The van der Waals surface area contributed by atoms with Crippen LogP contribution in [0.25, 0.3) is 11.1 Å². The van der Waals surface area contributed by atoms with E-state index in [1.807, 2.05) is 0 Å². The van der Waals surface area contributed by atoms with Crippen LogP contribution in [0.3, 0.4) is 0 Å². The van der Waals surface area contributed by atoms with Crippen molar-refractivity contribution >= 4 is 6.02 Å². The molecule has 9 heteroatoms. The van der Waals surface area contributed by atoms with Crippen LogP contribution in [0.4, 0.5) is 8.78 Å². The maximum Gasteiger partial charge on any atom is 0.283 e.